The zero-order valence-corrected chi connectivity index (χ0v) is 13.7. The first-order chi connectivity index (χ1) is 11.6. The van der Waals surface area contributed by atoms with E-state index in [0.29, 0.717) is 32.8 Å². The Morgan fingerprint density at radius 1 is 1.38 bits per heavy atom. The molecule has 1 fully saturated rings. The van der Waals surface area contributed by atoms with Gasteiger partial charge < -0.3 is 19.5 Å². The van der Waals surface area contributed by atoms with Crippen molar-refractivity contribution in [3.63, 3.8) is 0 Å². The summed E-state index contributed by atoms with van der Waals surface area (Å²) in [5, 5.41) is 9.47. The highest BCUT2D eigenvalue weighted by Crippen LogP contribution is 2.32. The first-order valence-corrected chi connectivity index (χ1v) is 8.06. The number of rotatable bonds is 3. The number of carbonyl (C=O) groups excluding carboxylic acids is 1. The lowest BCUT2D eigenvalue weighted by molar-refractivity contribution is -0.136. The molecule has 1 unspecified atom stereocenters. The molecule has 1 aromatic carbocycles. The molecule has 0 bridgehead atoms. The van der Waals surface area contributed by atoms with Gasteiger partial charge in [0.15, 0.2) is 0 Å². The summed E-state index contributed by atoms with van der Waals surface area (Å²) in [6.45, 7) is 2.31. The van der Waals surface area contributed by atoms with Gasteiger partial charge in [-0.05, 0) is 23.1 Å². The van der Waals surface area contributed by atoms with Gasteiger partial charge in [0.2, 0.25) is 5.91 Å². The van der Waals surface area contributed by atoms with Crippen molar-refractivity contribution in [1.82, 2.24) is 9.80 Å². The zero-order chi connectivity index (χ0) is 17.1. The van der Waals surface area contributed by atoms with E-state index in [9.17, 15) is 14.7 Å². The minimum absolute atomic E-state index is 0.0482. The minimum Gasteiger partial charge on any atom is -0.465 e. The summed E-state index contributed by atoms with van der Waals surface area (Å²) >= 11 is 0. The van der Waals surface area contributed by atoms with E-state index in [-0.39, 0.29) is 18.6 Å². The molecule has 7 heteroatoms. The van der Waals surface area contributed by atoms with Gasteiger partial charge in [0.1, 0.15) is 6.61 Å². The van der Waals surface area contributed by atoms with Crippen molar-refractivity contribution in [2.75, 3.05) is 40.0 Å². The third kappa shape index (κ3) is 3.22. The number of amides is 2. The first kappa shape index (κ1) is 16.7. The van der Waals surface area contributed by atoms with E-state index in [1.807, 2.05) is 18.2 Å². The number of nitrogens with zero attached hydrogens (tertiary/aromatic N) is 2. The van der Waals surface area contributed by atoms with Crippen LogP contribution in [0.25, 0.3) is 0 Å². The molecular weight excluding hydrogens is 312 g/mol. The van der Waals surface area contributed by atoms with Gasteiger partial charge in [-0.1, -0.05) is 18.2 Å². The number of morpholine rings is 1. The molecule has 3 rings (SSSR count). The fraction of sp³-hybridized carbons (Fsp3) is 0.529. The van der Waals surface area contributed by atoms with Gasteiger partial charge >= 0.3 is 6.09 Å². The van der Waals surface area contributed by atoms with E-state index in [1.165, 1.54) is 17.6 Å². The van der Waals surface area contributed by atoms with Crippen LogP contribution >= 0.6 is 0 Å². The molecule has 0 radical (unpaired) electrons. The van der Waals surface area contributed by atoms with Gasteiger partial charge in [0, 0.05) is 26.7 Å². The summed E-state index contributed by atoms with van der Waals surface area (Å²) < 4.78 is 10.5. The summed E-state index contributed by atoms with van der Waals surface area (Å²) in [6, 6.07) is 5.61. The number of ether oxygens (including phenoxy) is 2. The smallest absolute Gasteiger partial charge is 0.407 e. The van der Waals surface area contributed by atoms with Crippen LogP contribution in [-0.4, -0.2) is 66.9 Å². The van der Waals surface area contributed by atoms with Gasteiger partial charge in [0.25, 0.3) is 0 Å². The van der Waals surface area contributed by atoms with Crippen molar-refractivity contribution in [2.24, 2.45) is 0 Å². The molecule has 24 heavy (non-hydrogen) atoms. The Morgan fingerprint density at radius 3 is 2.96 bits per heavy atom. The van der Waals surface area contributed by atoms with Crippen LogP contribution < -0.4 is 0 Å². The summed E-state index contributed by atoms with van der Waals surface area (Å²) in [7, 11) is 1.51. The van der Waals surface area contributed by atoms with Crippen LogP contribution in [0, 0.1) is 0 Å². The van der Waals surface area contributed by atoms with Crippen LogP contribution in [0.2, 0.25) is 0 Å². The van der Waals surface area contributed by atoms with Crippen molar-refractivity contribution < 1.29 is 24.2 Å². The highest BCUT2D eigenvalue weighted by atomic mass is 16.5. The van der Waals surface area contributed by atoms with E-state index >= 15 is 0 Å². The Labute approximate surface area is 140 Å². The topological polar surface area (TPSA) is 79.3 Å². The van der Waals surface area contributed by atoms with E-state index in [0.717, 1.165) is 17.5 Å². The fourth-order valence-corrected chi connectivity index (χ4v) is 3.44. The molecular formula is C17H22N2O5. The quantitative estimate of drug-likeness (QED) is 0.900. The van der Waals surface area contributed by atoms with Crippen LogP contribution in [-0.2, 0) is 27.2 Å². The Bertz CT molecular complexity index is 633. The molecule has 0 aromatic heterocycles. The maximum atomic E-state index is 12.1. The van der Waals surface area contributed by atoms with Crippen LogP contribution in [0.15, 0.2) is 18.2 Å². The van der Waals surface area contributed by atoms with Gasteiger partial charge in [-0.15, -0.1) is 0 Å². The average Bonchev–Trinajstić information content (AvgIpc) is 2.61. The number of carbonyl (C=O) groups is 2. The lowest BCUT2D eigenvalue weighted by atomic mass is 9.90. The molecule has 2 amide bonds. The molecule has 7 nitrogen and oxygen atoms in total. The number of hydrogen-bond donors (Lipinski definition) is 1. The maximum Gasteiger partial charge on any atom is 0.407 e. The molecule has 1 saturated heterocycles. The molecule has 2 aliphatic heterocycles. The third-order valence-corrected chi connectivity index (χ3v) is 4.66. The third-order valence-electron chi connectivity index (χ3n) is 4.66. The predicted molar refractivity (Wildman–Crippen MR) is 85.7 cm³/mol. The van der Waals surface area contributed by atoms with Crippen LogP contribution in [0.5, 0.6) is 0 Å². The molecule has 1 aromatic rings. The number of methoxy groups -OCH3 is 1. The summed E-state index contributed by atoms with van der Waals surface area (Å²) in [6.07, 6.45) is -0.178. The lowest BCUT2D eigenvalue weighted by Gasteiger charge is -2.37. The van der Waals surface area contributed by atoms with Crippen molar-refractivity contribution in [1.29, 1.82) is 0 Å². The second kappa shape index (κ2) is 7.19. The summed E-state index contributed by atoms with van der Waals surface area (Å²) in [5.41, 5.74) is 3.14. The number of carboxylic acid groups (broad SMARTS) is 1. The molecule has 0 spiro atoms. The molecule has 2 aliphatic rings. The average molecular weight is 334 g/mol. The molecule has 2 heterocycles. The van der Waals surface area contributed by atoms with Crippen LogP contribution in [0.3, 0.4) is 0 Å². The van der Waals surface area contributed by atoms with E-state index < -0.39 is 6.09 Å². The van der Waals surface area contributed by atoms with Crippen molar-refractivity contribution in [2.45, 2.75) is 19.0 Å². The second-order valence-corrected chi connectivity index (χ2v) is 6.05. The van der Waals surface area contributed by atoms with Crippen molar-refractivity contribution in [3.05, 3.63) is 34.9 Å². The SMILES string of the molecule is COCC(=O)N1CCc2cccc(C3COCCN3C(=O)O)c2C1. The Kier molecular flexibility index (Phi) is 5.01. The monoisotopic (exact) mass is 334 g/mol. The second-order valence-electron chi connectivity index (χ2n) is 6.05. The normalized spacial score (nSPS) is 20.6. The van der Waals surface area contributed by atoms with Crippen molar-refractivity contribution >= 4 is 12.0 Å². The number of fused-ring (bicyclic) bond motifs is 1. The maximum absolute atomic E-state index is 12.1. The minimum atomic E-state index is -0.941. The van der Waals surface area contributed by atoms with E-state index in [4.69, 9.17) is 9.47 Å². The summed E-state index contributed by atoms with van der Waals surface area (Å²) in [4.78, 5) is 26.9. The molecule has 130 valence electrons. The Hall–Kier alpha value is -2.12. The number of hydrogen-bond acceptors (Lipinski definition) is 4. The first-order valence-electron chi connectivity index (χ1n) is 8.06. The predicted octanol–water partition coefficient (Wildman–Crippen LogP) is 1.27. The van der Waals surface area contributed by atoms with Gasteiger partial charge in [-0.25, -0.2) is 4.79 Å². The molecule has 1 N–H and O–H groups in total. The highest BCUT2D eigenvalue weighted by molar-refractivity contribution is 5.78. The summed E-state index contributed by atoms with van der Waals surface area (Å²) in [5.74, 6) is -0.0482. The van der Waals surface area contributed by atoms with Gasteiger partial charge in [-0.3, -0.25) is 9.69 Å². The fourth-order valence-electron chi connectivity index (χ4n) is 3.44. The van der Waals surface area contributed by atoms with Crippen molar-refractivity contribution in [3.8, 4) is 0 Å². The van der Waals surface area contributed by atoms with E-state index in [1.54, 1.807) is 4.90 Å². The lowest BCUT2D eigenvalue weighted by Crippen LogP contribution is -2.44. The largest absolute Gasteiger partial charge is 0.465 e. The standard InChI is InChI=1S/C17H22N2O5/c1-23-11-16(20)18-6-5-12-3-2-4-13(14(12)9-18)15-10-24-8-7-19(15)17(21)22/h2-4,15H,5-11H2,1H3,(H,21,22). The van der Waals surface area contributed by atoms with E-state index in [2.05, 4.69) is 0 Å². The zero-order valence-electron chi connectivity index (χ0n) is 13.7. The van der Waals surface area contributed by atoms with Crippen LogP contribution in [0.4, 0.5) is 4.79 Å². The molecule has 0 saturated carbocycles. The highest BCUT2D eigenvalue weighted by Gasteiger charge is 2.32. The van der Waals surface area contributed by atoms with Gasteiger partial charge in [-0.2, -0.15) is 0 Å². The molecule has 0 aliphatic carbocycles. The number of benzene rings is 1. The van der Waals surface area contributed by atoms with Gasteiger partial charge in [0.05, 0.1) is 19.3 Å². The van der Waals surface area contributed by atoms with Crippen LogP contribution in [0.1, 0.15) is 22.7 Å². The Morgan fingerprint density at radius 2 is 2.21 bits per heavy atom. The Balaban J connectivity index is 1.90. The molecule has 1 atom stereocenters.